The van der Waals surface area contributed by atoms with E-state index in [1.54, 1.807) is 12.1 Å². The van der Waals surface area contributed by atoms with Gasteiger partial charge in [0.1, 0.15) is 5.76 Å². The molecular formula is C19H15N3O2. The van der Waals surface area contributed by atoms with E-state index in [0.717, 1.165) is 33.7 Å². The molecule has 3 heterocycles. The van der Waals surface area contributed by atoms with Crippen molar-refractivity contribution in [1.29, 1.82) is 0 Å². The van der Waals surface area contributed by atoms with Gasteiger partial charge in [-0.05, 0) is 50.2 Å². The number of rotatable bonds is 3. The number of fused-ring (bicyclic) bond motifs is 1. The SMILES string of the molecule is Cc1cc(C)n(-c2ccc3cccc(-c4ccc(C=O)o4)c3n2)n1. The average molecular weight is 317 g/mol. The molecule has 118 valence electrons. The van der Waals surface area contributed by atoms with Crippen LogP contribution in [0.3, 0.4) is 0 Å². The summed E-state index contributed by atoms with van der Waals surface area (Å²) in [6.07, 6.45) is 0.698. The Morgan fingerprint density at radius 3 is 2.67 bits per heavy atom. The Bertz CT molecular complexity index is 1060. The summed E-state index contributed by atoms with van der Waals surface area (Å²) >= 11 is 0. The van der Waals surface area contributed by atoms with Crippen LogP contribution in [0.1, 0.15) is 21.9 Å². The highest BCUT2D eigenvalue weighted by Crippen LogP contribution is 2.29. The maximum atomic E-state index is 10.9. The fraction of sp³-hybridized carbons (Fsp3) is 0.105. The van der Waals surface area contributed by atoms with Crippen LogP contribution in [0.2, 0.25) is 0 Å². The molecule has 0 atom stereocenters. The molecule has 0 bridgehead atoms. The van der Waals surface area contributed by atoms with Crippen LogP contribution in [0.5, 0.6) is 0 Å². The Morgan fingerprint density at radius 1 is 1.08 bits per heavy atom. The van der Waals surface area contributed by atoms with Crippen molar-refractivity contribution in [3.63, 3.8) is 0 Å². The van der Waals surface area contributed by atoms with Crippen LogP contribution in [-0.2, 0) is 0 Å². The molecule has 0 saturated heterocycles. The summed E-state index contributed by atoms with van der Waals surface area (Å²) < 4.78 is 7.39. The lowest BCUT2D eigenvalue weighted by atomic mass is 10.1. The Balaban J connectivity index is 1.93. The Hall–Kier alpha value is -3.21. The molecule has 0 fully saturated rings. The third-order valence-electron chi connectivity index (χ3n) is 3.94. The molecule has 0 spiro atoms. The highest BCUT2D eigenvalue weighted by Gasteiger charge is 2.12. The van der Waals surface area contributed by atoms with E-state index in [0.29, 0.717) is 17.8 Å². The van der Waals surface area contributed by atoms with Crippen LogP contribution < -0.4 is 0 Å². The predicted molar refractivity (Wildman–Crippen MR) is 91.4 cm³/mol. The number of hydrogen-bond donors (Lipinski definition) is 0. The van der Waals surface area contributed by atoms with E-state index >= 15 is 0 Å². The van der Waals surface area contributed by atoms with Gasteiger partial charge in [-0.1, -0.05) is 12.1 Å². The van der Waals surface area contributed by atoms with Gasteiger partial charge < -0.3 is 4.42 Å². The fourth-order valence-corrected chi connectivity index (χ4v) is 2.88. The lowest BCUT2D eigenvalue weighted by Crippen LogP contribution is -2.02. The Labute approximate surface area is 138 Å². The van der Waals surface area contributed by atoms with Gasteiger partial charge in [-0.3, -0.25) is 4.79 Å². The van der Waals surface area contributed by atoms with Crippen molar-refractivity contribution in [3.8, 4) is 17.1 Å². The van der Waals surface area contributed by atoms with Crippen LogP contribution in [0.25, 0.3) is 28.0 Å². The summed E-state index contributed by atoms with van der Waals surface area (Å²) in [6.45, 7) is 3.96. The molecule has 0 amide bonds. The van der Waals surface area contributed by atoms with Gasteiger partial charge in [0, 0.05) is 16.6 Å². The maximum Gasteiger partial charge on any atom is 0.185 e. The highest BCUT2D eigenvalue weighted by atomic mass is 16.3. The van der Waals surface area contributed by atoms with E-state index in [9.17, 15) is 4.79 Å². The number of nitrogens with zero attached hydrogens (tertiary/aromatic N) is 3. The van der Waals surface area contributed by atoms with Crippen LogP contribution in [-0.4, -0.2) is 21.1 Å². The molecule has 4 aromatic rings. The van der Waals surface area contributed by atoms with Gasteiger partial charge >= 0.3 is 0 Å². The third-order valence-corrected chi connectivity index (χ3v) is 3.94. The lowest BCUT2D eigenvalue weighted by Gasteiger charge is -2.08. The van der Waals surface area contributed by atoms with E-state index in [-0.39, 0.29) is 0 Å². The minimum atomic E-state index is 0.303. The molecule has 5 heteroatoms. The molecule has 1 aromatic carbocycles. The summed E-state index contributed by atoms with van der Waals surface area (Å²) in [7, 11) is 0. The number of para-hydroxylation sites is 1. The number of aryl methyl sites for hydroxylation is 2. The maximum absolute atomic E-state index is 10.9. The zero-order valence-electron chi connectivity index (χ0n) is 13.4. The zero-order valence-corrected chi connectivity index (χ0v) is 13.4. The summed E-state index contributed by atoms with van der Waals surface area (Å²) in [5.41, 5.74) is 3.64. The first-order valence-corrected chi connectivity index (χ1v) is 7.64. The summed E-state index contributed by atoms with van der Waals surface area (Å²) in [4.78, 5) is 15.7. The standard InChI is InChI=1S/C19H15N3O2/c1-12-10-13(2)22(21-12)18-9-6-14-4-3-5-16(19(14)20-18)17-8-7-15(11-23)24-17/h3-11H,1-2H3. The molecule has 0 aliphatic carbocycles. The van der Waals surface area contributed by atoms with E-state index in [1.807, 2.05) is 54.9 Å². The molecular weight excluding hydrogens is 302 g/mol. The molecule has 0 N–H and O–H groups in total. The topological polar surface area (TPSA) is 60.9 Å². The quantitative estimate of drug-likeness (QED) is 0.533. The highest BCUT2D eigenvalue weighted by molar-refractivity contribution is 5.93. The fourth-order valence-electron chi connectivity index (χ4n) is 2.88. The number of carbonyl (C=O) groups is 1. The van der Waals surface area contributed by atoms with Gasteiger partial charge in [0.2, 0.25) is 0 Å². The number of hydrogen-bond acceptors (Lipinski definition) is 4. The molecule has 5 nitrogen and oxygen atoms in total. The van der Waals surface area contributed by atoms with Gasteiger partial charge in [0.05, 0.1) is 11.2 Å². The number of pyridine rings is 1. The monoisotopic (exact) mass is 317 g/mol. The second-order valence-electron chi connectivity index (χ2n) is 5.71. The molecule has 0 saturated carbocycles. The van der Waals surface area contributed by atoms with Crippen molar-refractivity contribution in [3.05, 3.63) is 65.7 Å². The van der Waals surface area contributed by atoms with Crippen molar-refractivity contribution in [2.24, 2.45) is 0 Å². The van der Waals surface area contributed by atoms with E-state index in [1.165, 1.54) is 0 Å². The molecule has 0 aliphatic heterocycles. The molecule has 24 heavy (non-hydrogen) atoms. The normalized spacial score (nSPS) is 11.1. The van der Waals surface area contributed by atoms with Crippen molar-refractivity contribution in [2.45, 2.75) is 13.8 Å². The van der Waals surface area contributed by atoms with Gasteiger partial charge in [-0.2, -0.15) is 5.10 Å². The number of aromatic nitrogens is 3. The zero-order chi connectivity index (χ0) is 16.7. The molecule has 4 rings (SSSR count). The van der Waals surface area contributed by atoms with Crippen LogP contribution in [0.15, 0.2) is 52.9 Å². The average Bonchev–Trinajstić information content (AvgIpc) is 3.20. The molecule has 0 aliphatic rings. The van der Waals surface area contributed by atoms with Gasteiger partial charge in [-0.25, -0.2) is 9.67 Å². The van der Waals surface area contributed by atoms with Crippen molar-refractivity contribution in [1.82, 2.24) is 14.8 Å². The summed E-state index contributed by atoms with van der Waals surface area (Å²) in [5.74, 6) is 1.68. The van der Waals surface area contributed by atoms with Crippen molar-refractivity contribution >= 4 is 17.2 Å². The van der Waals surface area contributed by atoms with Crippen LogP contribution in [0.4, 0.5) is 0 Å². The summed E-state index contributed by atoms with van der Waals surface area (Å²) in [5, 5.41) is 5.49. The van der Waals surface area contributed by atoms with Gasteiger partial charge in [-0.15, -0.1) is 0 Å². The number of aldehydes is 1. The number of benzene rings is 1. The predicted octanol–water partition coefficient (Wildman–Crippen LogP) is 4.11. The minimum absolute atomic E-state index is 0.303. The summed E-state index contributed by atoms with van der Waals surface area (Å²) in [6, 6.07) is 15.3. The van der Waals surface area contributed by atoms with Crippen molar-refractivity contribution < 1.29 is 9.21 Å². The van der Waals surface area contributed by atoms with Gasteiger partial charge in [0.15, 0.2) is 17.9 Å². The Kier molecular flexibility index (Phi) is 3.27. The van der Waals surface area contributed by atoms with Crippen LogP contribution >= 0.6 is 0 Å². The van der Waals surface area contributed by atoms with E-state index in [2.05, 4.69) is 5.10 Å². The number of carbonyl (C=O) groups excluding carboxylic acids is 1. The second kappa shape index (κ2) is 5.45. The molecule has 3 aromatic heterocycles. The third kappa shape index (κ3) is 2.31. The minimum Gasteiger partial charge on any atom is -0.453 e. The van der Waals surface area contributed by atoms with E-state index < -0.39 is 0 Å². The molecule has 0 unspecified atom stereocenters. The molecule has 0 radical (unpaired) electrons. The number of furan rings is 1. The van der Waals surface area contributed by atoms with Crippen LogP contribution in [0, 0.1) is 13.8 Å². The smallest absolute Gasteiger partial charge is 0.185 e. The first kappa shape index (κ1) is 14.4. The first-order chi connectivity index (χ1) is 11.7. The van der Waals surface area contributed by atoms with Crippen molar-refractivity contribution in [2.75, 3.05) is 0 Å². The first-order valence-electron chi connectivity index (χ1n) is 7.64. The van der Waals surface area contributed by atoms with Gasteiger partial charge in [0.25, 0.3) is 0 Å². The lowest BCUT2D eigenvalue weighted by molar-refractivity contribution is 0.110. The second-order valence-corrected chi connectivity index (χ2v) is 5.71. The Morgan fingerprint density at radius 2 is 1.96 bits per heavy atom. The van der Waals surface area contributed by atoms with E-state index in [4.69, 9.17) is 9.40 Å². The largest absolute Gasteiger partial charge is 0.453 e.